The number of amides is 1. The number of hydrogen-bond donors (Lipinski definition) is 3. The first kappa shape index (κ1) is 18.7. The molecule has 0 fully saturated rings. The predicted octanol–water partition coefficient (Wildman–Crippen LogP) is 4.46. The summed E-state index contributed by atoms with van der Waals surface area (Å²) in [5, 5.41) is 7.59. The zero-order valence-corrected chi connectivity index (χ0v) is 16.4. The number of hydrogen-bond acceptors (Lipinski definition) is 3. The zero-order chi connectivity index (χ0) is 20.1. The molecule has 2 aromatic carbocycles. The van der Waals surface area contributed by atoms with Gasteiger partial charge in [-0.2, -0.15) is 0 Å². The summed E-state index contributed by atoms with van der Waals surface area (Å²) in [6.07, 6.45) is 6.28. The first-order valence-electron chi connectivity index (χ1n) is 9.77. The molecule has 29 heavy (non-hydrogen) atoms. The van der Waals surface area contributed by atoms with Gasteiger partial charge in [0, 0.05) is 42.6 Å². The number of aromatic amines is 1. The first-order valence-corrected chi connectivity index (χ1v) is 9.77. The van der Waals surface area contributed by atoms with Gasteiger partial charge in [0.15, 0.2) is 0 Å². The molecule has 0 unspecified atom stereocenters. The number of nitrogens with zero attached hydrogens (tertiary/aromatic N) is 1. The van der Waals surface area contributed by atoms with Crippen molar-refractivity contribution in [2.24, 2.45) is 0 Å². The van der Waals surface area contributed by atoms with Crippen LogP contribution in [-0.2, 0) is 13.0 Å². The third-order valence-electron chi connectivity index (χ3n) is 5.10. The molecule has 0 atom stereocenters. The van der Waals surface area contributed by atoms with Crippen molar-refractivity contribution in [2.45, 2.75) is 19.9 Å². The number of anilines is 1. The Labute approximate surface area is 170 Å². The SMILES string of the molecule is Cc1ccccc1CNC(=O)c1cncc(NCCc2c[nH]c3ccccc23)c1. The number of H-pyrrole nitrogens is 1. The highest BCUT2D eigenvalue weighted by Gasteiger charge is 2.08. The molecular weight excluding hydrogens is 360 g/mol. The zero-order valence-electron chi connectivity index (χ0n) is 16.4. The number of nitrogens with one attached hydrogen (secondary N) is 3. The highest BCUT2D eigenvalue weighted by atomic mass is 16.1. The van der Waals surface area contributed by atoms with Crippen LogP contribution in [-0.4, -0.2) is 22.4 Å². The van der Waals surface area contributed by atoms with Gasteiger partial charge in [-0.05, 0) is 42.2 Å². The number of carbonyl (C=O) groups excluding carboxylic acids is 1. The summed E-state index contributed by atoms with van der Waals surface area (Å²) in [6, 6.07) is 18.2. The molecule has 0 saturated carbocycles. The number of carbonyl (C=O) groups is 1. The standard InChI is InChI=1S/C24H24N4O/c1-17-6-2-3-7-18(17)14-28-24(29)20-12-21(16-25-13-20)26-11-10-19-15-27-23-9-5-4-8-22(19)23/h2-9,12-13,15-16,26-27H,10-11,14H2,1H3,(H,28,29). The Hall–Kier alpha value is -3.60. The summed E-state index contributed by atoms with van der Waals surface area (Å²) >= 11 is 0. The maximum absolute atomic E-state index is 12.5. The Bertz CT molecular complexity index is 1130. The van der Waals surface area contributed by atoms with Crippen LogP contribution in [0.4, 0.5) is 5.69 Å². The largest absolute Gasteiger partial charge is 0.383 e. The van der Waals surface area contributed by atoms with Crippen LogP contribution in [0, 0.1) is 6.92 Å². The van der Waals surface area contributed by atoms with Gasteiger partial charge in [0.25, 0.3) is 5.91 Å². The molecule has 0 spiro atoms. The Balaban J connectivity index is 1.34. The van der Waals surface area contributed by atoms with Crippen molar-refractivity contribution in [3.8, 4) is 0 Å². The van der Waals surface area contributed by atoms with E-state index in [1.54, 1.807) is 12.4 Å². The van der Waals surface area contributed by atoms with E-state index in [9.17, 15) is 4.79 Å². The summed E-state index contributed by atoms with van der Waals surface area (Å²) in [7, 11) is 0. The third kappa shape index (κ3) is 4.46. The molecule has 2 aromatic heterocycles. The fourth-order valence-electron chi connectivity index (χ4n) is 3.43. The van der Waals surface area contributed by atoms with Gasteiger partial charge in [-0.1, -0.05) is 42.5 Å². The summed E-state index contributed by atoms with van der Waals surface area (Å²) in [5.74, 6) is -0.124. The molecule has 1 amide bonds. The Morgan fingerprint density at radius 1 is 1.03 bits per heavy atom. The van der Waals surface area contributed by atoms with Gasteiger partial charge in [-0.25, -0.2) is 0 Å². The molecule has 5 nitrogen and oxygen atoms in total. The number of fused-ring (bicyclic) bond motifs is 1. The van der Waals surface area contributed by atoms with Crippen LogP contribution in [0.2, 0.25) is 0 Å². The Morgan fingerprint density at radius 3 is 2.76 bits per heavy atom. The molecule has 5 heteroatoms. The maximum Gasteiger partial charge on any atom is 0.253 e. The van der Waals surface area contributed by atoms with Crippen LogP contribution in [0.15, 0.2) is 73.2 Å². The molecule has 0 aliphatic carbocycles. The van der Waals surface area contributed by atoms with E-state index < -0.39 is 0 Å². The summed E-state index contributed by atoms with van der Waals surface area (Å²) < 4.78 is 0. The van der Waals surface area contributed by atoms with Gasteiger partial charge in [-0.15, -0.1) is 0 Å². The third-order valence-corrected chi connectivity index (χ3v) is 5.10. The van der Waals surface area contributed by atoms with Crippen molar-refractivity contribution < 1.29 is 4.79 Å². The van der Waals surface area contributed by atoms with E-state index in [1.807, 2.05) is 43.3 Å². The van der Waals surface area contributed by atoms with E-state index in [2.05, 4.69) is 45.0 Å². The molecule has 0 radical (unpaired) electrons. The molecule has 3 N–H and O–H groups in total. The van der Waals surface area contributed by atoms with Crippen LogP contribution >= 0.6 is 0 Å². The minimum Gasteiger partial charge on any atom is -0.383 e. The monoisotopic (exact) mass is 384 g/mol. The minimum absolute atomic E-state index is 0.124. The second-order valence-electron chi connectivity index (χ2n) is 7.11. The van der Waals surface area contributed by atoms with Crippen LogP contribution in [0.25, 0.3) is 10.9 Å². The van der Waals surface area contributed by atoms with E-state index in [-0.39, 0.29) is 5.91 Å². The van der Waals surface area contributed by atoms with Crippen LogP contribution < -0.4 is 10.6 Å². The van der Waals surface area contributed by atoms with Gasteiger partial charge in [0.1, 0.15) is 0 Å². The normalized spacial score (nSPS) is 10.8. The lowest BCUT2D eigenvalue weighted by atomic mass is 10.1. The highest BCUT2D eigenvalue weighted by molar-refractivity contribution is 5.94. The van der Waals surface area contributed by atoms with Crippen molar-refractivity contribution in [3.05, 3.63) is 95.4 Å². The molecule has 2 heterocycles. The van der Waals surface area contributed by atoms with E-state index in [1.165, 1.54) is 16.5 Å². The second kappa shape index (κ2) is 8.61. The molecule has 0 aliphatic heterocycles. The molecular formula is C24H24N4O. The van der Waals surface area contributed by atoms with Crippen LogP contribution in [0.3, 0.4) is 0 Å². The average Bonchev–Trinajstić information content (AvgIpc) is 3.16. The molecule has 146 valence electrons. The van der Waals surface area contributed by atoms with Crippen molar-refractivity contribution >= 4 is 22.5 Å². The fourth-order valence-corrected chi connectivity index (χ4v) is 3.43. The lowest BCUT2D eigenvalue weighted by Crippen LogP contribution is -2.23. The Kier molecular flexibility index (Phi) is 5.56. The van der Waals surface area contributed by atoms with E-state index in [4.69, 9.17) is 0 Å². The topological polar surface area (TPSA) is 69.8 Å². The first-order chi connectivity index (χ1) is 14.2. The second-order valence-corrected chi connectivity index (χ2v) is 7.11. The van der Waals surface area contributed by atoms with E-state index in [0.29, 0.717) is 12.1 Å². The van der Waals surface area contributed by atoms with Gasteiger partial charge < -0.3 is 15.6 Å². The van der Waals surface area contributed by atoms with Crippen LogP contribution in [0.5, 0.6) is 0 Å². The van der Waals surface area contributed by atoms with Crippen molar-refractivity contribution in [2.75, 3.05) is 11.9 Å². The van der Waals surface area contributed by atoms with Crippen molar-refractivity contribution in [3.63, 3.8) is 0 Å². The molecule has 0 aliphatic rings. The number of aryl methyl sites for hydroxylation is 1. The summed E-state index contributed by atoms with van der Waals surface area (Å²) in [6.45, 7) is 3.31. The highest BCUT2D eigenvalue weighted by Crippen LogP contribution is 2.18. The van der Waals surface area contributed by atoms with E-state index in [0.717, 1.165) is 29.7 Å². The number of para-hydroxylation sites is 1. The van der Waals surface area contributed by atoms with Gasteiger partial charge in [0.05, 0.1) is 11.3 Å². The van der Waals surface area contributed by atoms with Crippen molar-refractivity contribution in [1.29, 1.82) is 0 Å². The summed E-state index contributed by atoms with van der Waals surface area (Å²) in [5.41, 5.74) is 6.09. The van der Waals surface area contributed by atoms with E-state index >= 15 is 0 Å². The smallest absolute Gasteiger partial charge is 0.253 e. The van der Waals surface area contributed by atoms with Gasteiger partial charge >= 0.3 is 0 Å². The predicted molar refractivity (Wildman–Crippen MR) is 117 cm³/mol. The molecule has 4 aromatic rings. The lowest BCUT2D eigenvalue weighted by molar-refractivity contribution is 0.0950. The fraction of sp³-hybridized carbons (Fsp3) is 0.167. The van der Waals surface area contributed by atoms with Crippen molar-refractivity contribution in [1.82, 2.24) is 15.3 Å². The number of rotatable bonds is 7. The summed E-state index contributed by atoms with van der Waals surface area (Å²) in [4.78, 5) is 20.0. The maximum atomic E-state index is 12.5. The molecule has 0 saturated heterocycles. The minimum atomic E-state index is -0.124. The molecule has 0 bridgehead atoms. The average molecular weight is 384 g/mol. The lowest BCUT2D eigenvalue weighted by Gasteiger charge is -2.10. The van der Waals surface area contributed by atoms with Crippen LogP contribution in [0.1, 0.15) is 27.0 Å². The quantitative estimate of drug-likeness (QED) is 0.441. The van der Waals surface area contributed by atoms with Gasteiger partial charge in [-0.3, -0.25) is 9.78 Å². The van der Waals surface area contributed by atoms with Gasteiger partial charge in [0.2, 0.25) is 0 Å². The number of pyridine rings is 1. The number of aromatic nitrogens is 2. The Morgan fingerprint density at radius 2 is 1.86 bits per heavy atom. The number of benzene rings is 2. The molecule has 4 rings (SSSR count).